The van der Waals surface area contributed by atoms with E-state index in [9.17, 15) is 8.42 Å². The summed E-state index contributed by atoms with van der Waals surface area (Å²) in [7, 11) is -3.75. The molecule has 2 rings (SSSR count). The van der Waals surface area contributed by atoms with Gasteiger partial charge in [-0.1, -0.05) is 0 Å². The highest BCUT2D eigenvalue weighted by Gasteiger charge is 2.22. The van der Waals surface area contributed by atoms with E-state index >= 15 is 0 Å². The van der Waals surface area contributed by atoms with Gasteiger partial charge in [0.25, 0.3) is 0 Å². The van der Waals surface area contributed by atoms with E-state index in [1.807, 2.05) is 0 Å². The summed E-state index contributed by atoms with van der Waals surface area (Å²) in [4.78, 5) is -0.0636. The van der Waals surface area contributed by atoms with E-state index in [2.05, 4.69) is 0 Å². The van der Waals surface area contributed by atoms with Crippen molar-refractivity contribution in [3.8, 4) is 5.75 Å². The fraction of sp³-hybridized carbons (Fsp3) is 0.400. The highest BCUT2D eigenvalue weighted by molar-refractivity contribution is 7.89. The molecule has 0 aromatic heterocycles. The molecular weight excluding hydrogens is 228 g/mol. The van der Waals surface area contributed by atoms with E-state index in [1.54, 1.807) is 6.07 Å². The zero-order chi connectivity index (χ0) is 11.8. The number of hydrogen-bond donors (Lipinski definition) is 2. The normalized spacial score (nSPS) is 16.1. The number of ether oxygens (including phenoxy) is 1. The Morgan fingerprint density at radius 2 is 2.06 bits per heavy atom. The fourth-order valence-electron chi connectivity index (χ4n) is 1.37. The zero-order valence-electron chi connectivity index (χ0n) is 8.72. The third kappa shape index (κ3) is 2.65. The molecule has 16 heavy (non-hydrogen) atoms. The molecule has 0 saturated heterocycles. The standard InChI is InChI=1S/C10H14N2O3S/c11-9-5-8(15-6-7-1-2-7)3-4-10(9)16(12,13)14/h3-5,7H,1-2,6,11H2,(H2,12,13,14). The van der Waals surface area contributed by atoms with Gasteiger partial charge in [0.05, 0.1) is 12.3 Å². The summed E-state index contributed by atoms with van der Waals surface area (Å²) in [6.07, 6.45) is 2.40. The van der Waals surface area contributed by atoms with Crippen LogP contribution in [0.25, 0.3) is 0 Å². The molecule has 1 aliphatic rings. The van der Waals surface area contributed by atoms with Crippen LogP contribution in [0.3, 0.4) is 0 Å². The predicted molar refractivity (Wildman–Crippen MR) is 60.4 cm³/mol. The highest BCUT2D eigenvalue weighted by atomic mass is 32.2. The van der Waals surface area contributed by atoms with E-state index in [0.29, 0.717) is 18.3 Å². The summed E-state index contributed by atoms with van der Waals surface area (Å²) in [5.74, 6) is 1.22. The van der Waals surface area contributed by atoms with Crippen LogP contribution in [0.5, 0.6) is 5.75 Å². The van der Waals surface area contributed by atoms with Crippen molar-refractivity contribution in [2.24, 2.45) is 11.1 Å². The second-order valence-corrected chi connectivity index (χ2v) is 5.53. The third-order valence-corrected chi connectivity index (χ3v) is 3.46. The molecular formula is C10H14N2O3S. The summed E-state index contributed by atoms with van der Waals surface area (Å²) in [5.41, 5.74) is 5.71. The number of sulfonamides is 1. The van der Waals surface area contributed by atoms with Crippen LogP contribution in [0.15, 0.2) is 23.1 Å². The van der Waals surface area contributed by atoms with Crippen LogP contribution in [0.4, 0.5) is 5.69 Å². The SMILES string of the molecule is Nc1cc(OCC2CC2)ccc1S(N)(=O)=O. The minimum atomic E-state index is -3.75. The number of rotatable bonds is 4. The summed E-state index contributed by atoms with van der Waals surface area (Å²) in [6.45, 7) is 0.661. The average molecular weight is 242 g/mol. The van der Waals surface area contributed by atoms with Gasteiger partial charge in [0.15, 0.2) is 0 Å². The van der Waals surface area contributed by atoms with Gasteiger partial charge >= 0.3 is 0 Å². The Kier molecular flexibility index (Phi) is 2.77. The molecule has 1 aromatic rings. The lowest BCUT2D eigenvalue weighted by atomic mass is 10.3. The number of nitrogen functional groups attached to an aromatic ring is 1. The first-order chi connectivity index (χ1) is 7.47. The first-order valence-corrected chi connectivity index (χ1v) is 6.56. The Bertz CT molecular complexity index is 495. The number of benzene rings is 1. The molecule has 88 valence electrons. The van der Waals surface area contributed by atoms with E-state index in [1.165, 1.54) is 25.0 Å². The molecule has 1 aromatic carbocycles. The van der Waals surface area contributed by atoms with Crippen molar-refractivity contribution in [1.82, 2.24) is 0 Å². The highest BCUT2D eigenvalue weighted by Crippen LogP contribution is 2.30. The van der Waals surface area contributed by atoms with Crippen LogP contribution in [0, 0.1) is 5.92 Å². The summed E-state index contributed by atoms with van der Waals surface area (Å²) >= 11 is 0. The molecule has 5 nitrogen and oxygen atoms in total. The second-order valence-electron chi connectivity index (χ2n) is 4.00. The van der Waals surface area contributed by atoms with Gasteiger partial charge in [0.2, 0.25) is 10.0 Å². The molecule has 0 spiro atoms. The van der Waals surface area contributed by atoms with E-state index in [-0.39, 0.29) is 10.6 Å². The van der Waals surface area contributed by atoms with Crippen LogP contribution in [0.2, 0.25) is 0 Å². The smallest absolute Gasteiger partial charge is 0.240 e. The molecule has 1 fully saturated rings. The minimum absolute atomic E-state index is 0.0636. The molecule has 0 heterocycles. The van der Waals surface area contributed by atoms with E-state index in [0.717, 1.165) is 0 Å². The minimum Gasteiger partial charge on any atom is -0.493 e. The van der Waals surface area contributed by atoms with Crippen molar-refractivity contribution in [2.75, 3.05) is 12.3 Å². The Hall–Kier alpha value is -1.27. The number of anilines is 1. The molecule has 1 saturated carbocycles. The van der Waals surface area contributed by atoms with Crippen molar-refractivity contribution in [1.29, 1.82) is 0 Å². The lowest BCUT2D eigenvalue weighted by molar-refractivity contribution is 0.300. The number of hydrogen-bond acceptors (Lipinski definition) is 4. The predicted octanol–water partition coefficient (Wildman–Crippen LogP) is 0.705. The Morgan fingerprint density at radius 3 is 2.56 bits per heavy atom. The van der Waals surface area contributed by atoms with Crippen molar-refractivity contribution < 1.29 is 13.2 Å². The van der Waals surface area contributed by atoms with Crippen molar-refractivity contribution >= 4 is 15.7 Å². The maximum absolute atomic E-state index is 11.1. The Balaban J connectivity index is 2.15. The first-order valence-electron chi connectivity index (χ1n) is 5.02. The van der Waals surface area contributed by atoms with Gasteiger partial charge in [0, 0.05) is 6.07 Å². The average Bonchev–Trinajstić information content (AvgIpc) is 2.96. The number of primary sulfonamides is 1. The van der Waals surface area contributed by atoms with Crippen LogP contribution >= 0.6 is 0 Å². The van der Waals surface area contributed by atoms with Crippen LogP contribution < -0.4 is 15.6 Å². The number of nitrogens with two attached hydrogens (primary N) is 2. The van der Waals surface area contributed by atoms with Crippen molar-refractivity contribution in [3.63, 3.8) is 0 Å². The molecule has 0 amide bonds. The topological polar surface area (TPSA) is 95.4 Å². The lowest BCUT2D eigenvalue weighted by Crippen LogP contribution is -2.14. The first kappa shape index (κ1) is 11.2. The van der Waals surface area contributed by atoms with Gasteiger partial charge in [-0.25, -0.2) is 13.6 Å². The van der Waals surface area contributed by atoms with Crippen molar-refractivity contribution in [3.05, 3.63) is 18.2 Å². The van der Waals surface area contributed by atoms with Gasteiger partial charge in [-0.15, -0.1) is 0 Å². The lowest BCUT2D eigenvalue weighted by Gasteiger charge is -2.08. The van der Waals surface area contributed by atoms with Crippen LogP contribution in [-0.2, 0) is 10.0 Å². The molecule has 4 N–H and O–H groups in total. The maximum Gasteiger partial charge on any atom is 0.240 e. The molecule has 1 aliphatic carbocycles. The molecule has 0 bridgehead atoms. The van der Waals surface area contributed by atoms with Gasteiger partial charge < -0.3 is 10.5 Å². The summed E-state index contributed by atoms with van der Waals surface area (Å²) in [6, 6.07) is 4.42. The molecule has 0 aliphatic heterocycles. The Labute approximate surface area is 94.4 Å². The molecule has 6 heteroatoms. The van der Waals surface area contributed by atoms with E-state index in [4.69, 9.17) is 15.6 Å². The second kappa shape index (κ2) is 3.95. The largest absolute Gasteiger partial charge is 0.493 e. The quantitative estimate of drug-likeness (QED) is 0.760. The zero-order valence-corrected chi connectivity index (χ0v) is 9.53. The Morgan fingerprint density at radius 1 is 1.38 bits per heavy atom. The molecule has 0 atom stereocenters. The van der Waals surface area contributed by atoms with Gasteiger partial charge in [0.1, 0.15) is 10.6 Å². The van der Waals surface area contributed by atoms with Gasteiger partial charge in [-0.2, -0.15) is 0 Å². The monoisotopic (exact) mass is 242 g/mol. The third-order valence-electron chi connectivity index (χ3n) is 2.47. The van der Waals surface area contributed by atoms with E-state index < -0.39 is 10.0 Å². The maximum atomic E-state index is 11.1. The van der Waals surface area contributed by atoms with Gasteiger partial charge in [-0.05, 0) is 30.9 Å². The summed E-state index contributed by atoms with van der Waals surface area (Å²) < 4.78 is 27.7. The van der Waals surface area contributed by atoms with Crippen molar-refractivity contribution in [2.45, 2.75) is 17.7 Å². The molecule has 0 radical (unpaired) electrons. The van der Waals surface area contributed by atoms with Crippen LogP contribution in [-0.4, -0.2) is 15.0 Å². The van der Waals surface area contributed by atoms with Gasteiger partial charge in [-0.3, -0.25) is 0 Å². The summed E-state index contributed by atoms with van der Waals surface area (Å²) in [5, 5.41) is 4.99. The van der Waals surface area contributed by atoms with Crippen LogP contribution in [0.1, 0.15) is 12.8 Å². The molecule has 0 unspecified atom stereocenters. The fourth-order valence-corrected chi connectivity index (χ4v) is 2.02.